The highest BCUT2D eigenvalue weighted by atomic mass is 35.5. The molecule has 0 fully saturated rings. The Morgan fingerprint density at radius 3 is 2.67 bits per heavy atom. The molecular weight excluding hydrogens is 221 g/mol. The molecule has 80 valence electrons. The maximum Gasteiger partial charge on any atom is 0.239 e. The Kier molecular flexibility index (Phi) is 3.80. The maximum atomic E-state index is 12.8. The first-order chi connectivity index (χ1) is 7.04. The van der Waals surface area contributed by atoms with Gasteiger partial charge in [-0.05, 0) is 25.1 Å². The SMILES string of the molecule is CC(=O)c1cc(F)ccc1NC(=O)CCl. The van der Waals surface area contributed by atoms with Crippen molar-refractivity contribution in [1.82, 2.24) is 0 Å². The first kappa shape index (κ1) is 11.7. The zero-order chi connectivity index (χ0) is 11.4. The van der Waals surface area contributed by atoms with E-state index >= 15 is 0 Å². The second-order valence-electron chi connectivity index (χ2n) is 2.93. The summed E-state index contributed by atoms with van der Waals surface area (Å²) in [5, 5.41) is 2.41. The van der Waals surface area contributed by atoms with Crippen molar-refractivity contribution < 1.29 is 14.0 Å². The third-order valence-electron chi connectivity index (χ3n) is 1.76. The number of Topliss-reactive ketones (excluding diaryl/α,β-unsaturated/α-hetero) is 1. The molecule has 0 bridgehead atoms. The van der Waals surface area contributed by atoms with Crippen molar-refractivity contribution in [2.45, 2.75) is 6.92 Å². The Bertz CT molecular complexity index is 406. The minimum atomic E-state index is -0.524. The van der Waals surface area contributed by atoms with Gasteiger partial charge in [-0.1, -0.05) is 0 Å². The molecule has 0 saturated carbocycles. The standard InChI is InChI=1S/C10H9ClFNO2/c1-6(14)8-4-7(12)2-3-9(8)13-10(15)5-11/h2-4H,5H2,1H3,(H,13,15). The van der Waals surface area contributed by atoms with E-state index in [0.717, 1.165) is 12.1 Å². The van der Waals surface area contributed by atoms with Gasteiger partial charge in [0.25, 0.3) is 0 Å². The summed E-state index contributed by atoms with van der Waals surface area (Å²) in [5.41, 5.74) is 0.406. The van der Waals surface area contributed by atoms with E-state index < -0.39 is 11.7 Å². The number of carbonyl (C=O) groups is 2. The first-order valence-electron chi connectivity index (χ1n) is 4.21. The number of halogens is 2. The van der Waals surface area contributed by atoms with Crippen molar-refractivity contribution in [3.05, 3.63) is 29.6 Å². The van der Waals surface area contributed by atoms with Gasteiger partial charge >= 0.3 is 0 Å². The first-order valence-corrected chi connectivity index (χ1v) is 4.74. The number of ketones is 1. The summed E-state index contributed by atoms with van der Waals surface area (Å²) in [6.07, 6.45) is 0. The molecule has 0 unspecified atom stereocenters. The minimum absolute atomic E-state index is 0.133. The van der Waals surface area contributed by atoms with Crippen molar-refractivity contribution in [3.63, 3.8) is 0 Å². The highest BCUT2D eigenvalue weighted by Crippen LogP contribution is 2.17. The maximum absolute atomic E-state index is 12.8. The zero-order valence-electron chi connectivity index (χ0n) is 8.01. The van der Waals surface area contributed by atoms with Gasteiger partial charge in [0.1, 0.15) is 11.7 Å². The van der Waals surface area contributed by atoms with Crippen LogP contribution in [-0.2, 0) is 4.79 Å². The molecule has 3 nitrogen and oxygen atoms in total. The third kappa shape index (κ3) is 3.02. The van der Waals surface area contributed by atoms with Crippen LogP contribution in [0, 0.1) is 5.82 Å². The Balaban J connectivity index is 3.06. The fraction of sp³-hybridized carbons (Fsp3) is 0.200. The lowest BCUT2D eigenvalue weighted by atomic mass is 10.1. The molecule has 5 heteroatoms. The number of carbonyl (C=O) groups excluding carboxylic acids is 2. The molecule has 0 aromatic heterocycles. The highest BCUT2D eigenvalue weighted by molar-refractivity contribution is 6.29. The van der Waals surface area contributed by atoms with Gasteiger partial charge in [-0.3, -0.25) is 9.59 Å². The van der Waals surface area contributed by atoms with Crippen LogP contribution >= 0.6 is 11.6 Å². The summed E-state index contributed by atoms with van der Waals surface area (Å²) in [7, 11) is 0. The third-order valence-corrected chi connectivity index (χ3v) is 2.00. The van der Waals surface area contributed by atoms with Gasteiger partial charge in [-0.2, -0.15) is 0 Å². The molecule has 15 heavy (non-hydrogen) atoms. The molecule has 1 aromatic rings. The van der Waals surface area contributed by atoms with E-state index in [1.165, 1.54) is 13.0 Å². The molecule has 0 aliphatic rings. The fourth-order valence-electron chi connectivity index (χ4n) is 1.10. The number of alkyl halides is 1. The van der Waals surface area contributed by atoms with Gasteiger partial charge in [-0.15, -0.1) is 11.6 Å². The van der Waals surface area contributed by atoms with Crippen LogP contribution in [0.4, 0.5) is 10.1 Å². The predicted molar refractivity (Wildman–Crippen MR) is 55.8 cm³/mol. The molecule has 1 amide bonds. The van der Waals surface area contributed by atoms with Crippen LogP contribution < -0.4 is 5.32 Å². The number of anilines is 1. The second kappa shape index (κ2) is 4.89. The molecule has 0 radical (unpaired) electrons. The van der Waals surface area contributed by atoms with Gasteiger partial charge < -0.3 is 5.32 Å². The van der Waals surface area contributed by atoms with Crippen LogP contribution in [0.1, 0.15) is 17.3 Å². The lowest BCUT2D eigenvalue weighted by Gasteiger charge is -2.07. The molecule has 0 atom stereocenters. The number of benzene rings is 1. The van der Waals surface area contributed by atoms with Crippen molar-refractivity contribution >= 4 is 29.0 Å². The quantitative estimate of drug-likeness (QED) is 0.638. The van der Waals surface area contributed by atoms with Crippen molar-refractivity contribution in [2.24, 2.45) is 0 Å². The molecule has 1 aromatic carbocycles. The van der Waals surface area contributed by atoms with E-state index in [9.17, 15) is 14.0 Å². The average molecular weight is 230 g/mol. The van der Waals surface area contributed by atoms with Gasteiger partial charge in [-0.25, -0.2) is 4.39 Å². The summed E-state index contributed by atoms with van der Waals surface area (Å²) < 4.78 is 12.8. The van der Waals surface area contributed by atoms with E-state index in [1.54, 1.807) is 0 Å². The molecule has 0 heterocycles. The number of rotatable bonds is 3. The second-order valence-corrected chi connectivity index (χ2v) is 3.20. The normalized spacial score (nSPS) is 9.80. The van der Waals surface area contributed by atoms with E-state index in [0.29, 0.717) is 0 Å². The van der Waals surface area contributed by atoms with Crippen molar-refractivity contribution in [3.8, 4) is 0 Å². The molecule has 0 aliphatic carbocycles. The lowest BCUT2D eigenvalue weighted by Crippen LogP contribution is -2.15. The van der Waals surface area contributed by atoms with Crippen molar-refractivity contribution in [1.29, 1.82) is 0 Å². The van der Waals surface area contributed by atoms with Gasteiger partial charge in [0.05, 0.1) is 5.69 Å². The molecule has 1 rings (SSSR count). The lowest BCUT2D eigenvalue weighted by molar-refractivity contribution is -0.113. The van der Waals surface area contributed by atoms with Crippen molar-refractivity contribution in [2.75, 3.05) is 11.2 Å². The van der Waals surface area contributed by atoms with E-state index in [1.807, 2.05) is 0 Å². The molecule has 0 spiro atoms. The van der Waals surface area contributed by atoms with Crippen LogP contribution in [0.5, 0.6) is 0 Å². The topological polar surface area (TPSA) is 46.2 Å². The van der Waals surface area contributed by atoms with Crippen LogP contribution in [-0.4, -0.2) is 17.6 Å². The van der Waals surface area contributed by atoms with Gasteiger partial charge in [0.2, 0.25) is 5.91 Å². The predicted octanol–water partition coefficient (Wildman–Crippen LogP) is 2.21. The number of amides is 1. The Labute approximate surface area is 91.2 Å². The smallest absolute Gasteiger partial charge is 0.239 e. The van der Waals surface area contributed by atoms with Gasteiger partial charge in [0, 0.05) is 5.56 Å². The molecular formula is C10H9ClFNO2. The van der Waals surface area contributed by atoms with Crippen LogP contribution in [0.25, 0.3) is 0 Å². The minimum Gasteiger partial charge on any atom is -0.324 e. The number of hydrogen-bond acceptors (Lipinski definition) is 2. The molecule has 0 saturated heterocycles. The van der Waals surface area contributed by atoms with Crippen LogP contribution in [0.2, 0.25) is 0 Å². The molecule has 0 aliphatic heterocycles. The monoisotopic (exact) mass is 229 g/mol. The Morgan fingerprint density at radius 2 is 2.13 bits per heavy atom. The summed E-state index contributed by atoms with van der Waals surface area (Å²) >= 11 is 5.29. The zero-order valence-corrected chi connectivity index (χ0v) is 8.77. The average Bonchev–Trinajstić information content (AvgIpc) is 2.20. The van der Waals surface area contributed by atoms with Gasteiger partial charge in [0.15, 0.2) is 5.78 Å². The fourth-order valence-corrected chi connectivity index (χ4v) is 1.17. The summed E-state index contributed by atoms with van der Waals surface area (Å²) in [4.78, 5) is 22.1. The summed E-state index contributed by atoms with van der Waals surface area (Å²) in [6.45, 7) is 1.30. The van der Waals surface area contributed by atoms with E-state index in [2.05, 4.69) is 5.32 Å². The Hall–Kier alpha value is -1.42. The summed E-state index contributed by atoms with van der Waals surface area (Å²) in [6, 6.07) is 3.57. The van der Waals surface area contributed by atoms with Crippen LogP contribution in [0.3, 0.4) is 0 Å². The number of nitrogens with one attached hydrogen (secondary N) is 1. The van der Waals surface area contributed by atoms with E-state index in [-0.39, 0.29) is 22.9 Å². The number of hydrogen-bond donors (Lipinski definition) is 1. The largest absolute Gasteiger partial charge is 0.324 e. The van der Waals surface area contributed by atoms with Crippen LogP contribution in [0.15, 0.2) is 18.2 Å². The van der Waals surface area contributed by atoms with E-state index in [4.69, 9.17) is 11.6 Å². The molecule has 1 N–H and O–H groups in total. The highest BCUT2D eigenvalue weighted by Gasteiger charge is 2.10. The summed E-state index contributed by atoms with van der Waals surface area (Å²) in [5.74, 6) is -1.50. The Morgan fingerprint density at radius 1 is 1.47 bits per heavy atom.